The molecule has 4 heteroatoms. The Morgan fingerprint density at radius 1 is 1.50 bits per heavy atom. The minimum atomic E-state index is -0.223. The van der Waals surface area contributed by atoms with Crippen LogP contribution in [0.25, 0.3) is 0 Å². The molecule has 1 unspecified atom stereocenters. The summed E-state index contributed by atoms with van der Waals surface area (Å²) >= 11 is 7.82. The summed E-state index contributed by atoms with van der Waals surface area (Å²) in [5, 5.41) is 4.02. The maximum absolute atomic E-state index is 13.1. The van der Waals surface area contributed by atoms with E-state index in [0.717, 1.165) is 24.3 Å². The second-order valence-electron chi connectivity index (χ2n) is 3.65. The van der Waals surface area contributed by atoms with Crippen LogP contribution < -0.4 is 5.32 Å². The van der Waals surface area contributed by atoms with Gasteiger partial charge in [-0.3, -0.25) is 0 Å². The Bertz CT molecular complexity index is 327. The zero-order valence-electron chi connectivity index (χ0n) is 9.59. The molecule has 0 heterocycles. The number of hydrogen-bond acceptors (Lipinski definition) is 2. The maximum Gasteiger partial charge on any atom is 0.123 e. The van der Waals surface area contributed by atoms with Gasteiger partial charge in [-0.15, -0.1) is 0 Å². The fourth-order valence-corrected chi connectivity index (χ4v) is 2.48. The number of rotatable bonds is 6. The predicted molar refractivity (Wildman–Crippen MR) is 71.0 cm³/mol. The highest BCUT2D eigenvalue weighted by atomic mass is 35.5. The van der Waals surface area contributed by atoms with Gasteiger partial charge in [0.05, 0.1) is 0 Å². The number of thioether (sulfide) groups is 1. The number of hydrogen-bond donors (Lipinski definition) is 1. The Balaban J connectivity index is 2.71. The van der Waals surface area contributed by atoms with Crippen LogP contribution in [0.1, 0.15) is 12.5 Å². The van der Waals surface area contributed by atoms with Crippen LogP contribution in [0.3, 0.4) is 0 Å². The van der Waals surface area contributed by atoms with Gasteiger partial charge in [-0.05, 0) is 43.0 Å². The van der Waals surface area contributed by atoms with Gasteiger partial charge in [0.1, 0.15) is 5.82 Å². The molecule has 0 aliphatic rings. The fourth-order valence-electron chi connectivity index (χ4n) is 1.65. The van der Waals surface area contributed by atoms with Crippen molar-refractivity contribution in [1.82, 2.24) is 5.32 Å². The normalized spacial score (nSPS) is 12.8. The largest absolute Gasteiger partial charge is 0.313 e. The number of halogens is 2. The molecule has 0 aliphatic heterocycles. The highest BCUT2D eigenvalue weighted by Crippen LogP contribution is 2.19. The van der Waals surface area contributed by atoms with Crippen molar-refractivity contribution in [1.29, 1.82) is 0 Å². The molecule has 0 fully saturated rings. The molecule has 0 radical (unpaired) electrons. The lowest BCUT2D eigenvalue weighted by Crippen LogP contribution is -2.33. The molecule has 0 amide bonds. The average Bonchev–Trinajstić information content (AvgIpc) is 2.24. The Morgan fingerprint density at radius 3 is 2.88 bits per heavy atom. The molecule has 90 valence electrons. The van der Waals surface area contributed by atoms with Gasteiger partial charge in [-0.1, -0.05) is 18.5 Å². The van der Waals surface area contributed by atoms with Crippen molar-refractivity contribution < 1.29 is 4.39 Å². The second kappa shape index (κ2) is 7.15. The Morgan fingerprint density at radius 2 is 2.25 bits per heavy atom. The van der Waals surface area contributed by atoms with E-state index in [0.29, 0.717) is 11.1 Å². The van der Waals surface area contributed by atoms with Crippen LogP contribution in [-0.2, 0) is 6.42 Å². The average molecular weight is 262 g/mol. The zero-order chi connectivity index (χ0) is 12.0. The third-order valence-corrected chi connectivity index (χ3v) is 3.44. The van der Waals surface area contributed by atoms with Crippen molar-refractivity contribution in [2.75, 3.05) is 18.6 Å². The minimum Gasteiger partial charge on any atom is -0.313 e. The third-order valence-electron chi connectivity index (χ3n) is 2.33. The minimum absolute atomic E-state index is 0.223. The topological polar surface area (TPSA) is 12.0 Å². The van der Waals surface area contributed by atoms with Crippen LogP contribution in [0.5, 0.6) is 0 Å². The van der Waals surface area contributed by atoms with E-state index in [1.165, 1.54) is 12.1 Å². The SMILES string of the molecule is CCNC(CSC)Cc1cc(F)ccc1Cl. The molecule has 0 aliphatic carbocycles. The van der Waals surface area contributed by atoms with Crippen molar-refractivity contribution in [3.63, 3.8) is 0 Å². The van der Waals surface area contributed by atoms with Gasteiger partial charge < -0.3 is 5.32 Å². The van der Waals surface area contributed by atoms with E-state index in [9.17, 15) is 4.39 Å². The molecular weight excluding hydrogens is 245 g/mol. The summed E-state index contributed by atoms with van der Waals surface area (Å²) in [7, 11) is 0. The third kappa shape index (κ3) is 4.32. The molecular formula is C12H17ClFNS. The molecule has 1 aromatic carbocycles. The first kappa shape index (κ1) is 13.8. The first-order valence-corrected chi connectivity index (χ1v) is 7.10. The quantitative estimate of drug-likeness (QED) is 0.843. The second-order valence-corrected chi connectivity index (χ2v) is 4.97. The monoisotopic (exact) mass is 261 g/mol. The van der Waals surface area contributed by atoms with Gasteiger partial charge in [0.25, 0.3) is 0 Å². The smallest absolute Gasteiger partial charge is 0.123 e. The summed E-state index contributed by atoms with van der Waals surface area (Å²) in [5.41, 5.74) is 0.877. The molecule has 0 saturated heterocycles. The van der Waals surface area contributed by atoms with Crippen LogP contribution in [0.4, 0.5) is 4.39 Å². The van der Waals surface area contributed by atoms with E-state index in [1.807, 2.05) is 0 Å². The lowest BCUT2D eigenvalue weighted by molar-refractivity contribution is 0.568. The fraction of sp³-hybridized carbons (Fsp3) is 0.500. The number of benzene rings is 1. The molecule has 0 spiro atoms. The van der Waals surface area contributed by atoms with Crippen molar-refractivity contribution in [3.05, 3.63) is 34.6 Å². The van der Waals surface area contributed by atoms with E-state index in [1.54, 1.807) is 17.8 Å². The van der Waals surface area contributed by atoms with Gasteiger partial charge >= 0.3 is 0 Å². The zero-order valence-corrected chi connectivity index (χ0v) is 11.2. The van der Waals surface area contributed by atoms with E-state index in [-0.39, 0.29) is 5.82 Å². The van der Waals surface area contributed by atoms with Gasteiger partial charge in [0, 0.05) is 16.8 Å². The predicted octanol–water partition coefficient (Wildman–Crippen LogP) is 3.36. The highest BCUT2D eigenvalue weighted by molar-refractivity contribution is 7.98. The lowest BCUT2D eigenvalue weighted by Gasteiger charge is -2.17. The highest BCUT2D eigenvalue weighted by Gasteiger charge is 2.10. The first-order valence-electron chi connectivity index (χ1n) is 5.33. The molecule has 1 N–H and O–H groups in total. The van der Waals surface area contributed by atoms with E-state index in [4.69, 9.17) is 11.6 Å². The van der Waals surface area contributed by atoms with Crippen molar-refractivity contribution in [2.24, 2.45) is 0 Å². The Labute approximate surface area is 106 Å². The van der Waals surface area contributed by atoms with Crippen LogP contribution in [0.2, 0.25) is 5.02 Å². The van der Waals surface area contributed by atoms with Crippen LogP contribution in [-0.4, -0.2) is 24.6 Å². The van der Waals surface area contributed by atoms with Crippen LogP contribution in [0.15, 0.2) is 18.2 Å². The number of likely N-dealkylation sites (N-methyl/N-ethyl adjacent to an activating group) is 1. The van der Waals surface area contributed by atoms with Crippen molar-refractivity contribution >= 4 is 23.4 Å². The summed E-state index contributed by atoms with van der Waals surface area (Å²) in [4.78, 5) is 0. The molecule has 1 atom stereocenters. The summed E-state index contributed by atoms with van der Waals surface area (Å²) in [5.74, 6) is 0.777. The molecule has 0 bridgehead atoms. The van der Waals surface area contributed by atoms with Gasteiger partial charge in [0.2, 0.25) is 0 Å². The molecule has 0 aromatic heterocycles. The first-order chi connectivity index (χ1) is 7.67. The van der Waals surface area contributed by atoms with E-state index in [2.05, 4.69) is 18.5 Å². The molecule has 1 rings (SSSR count). The number of nitrogens with one attached hydrogen (secondary N) is 1. The summed E-state index contributed by atoms with van der Waals surface area (Å²) in [6.07, 6.45) is 2.84. The van der Waals surface area contributed by atoms with Crippen LogP contribution >= 0.6 is 23.4 Å². The Kier molecular flexibility index (Phi) is 6.17. The molecule has 0 saturated carbocycles. The van der Waals surface area contributed by atoms with E-state index >= 15 is 0 Å². The summed E-state index contributed by atoms with van der Waals surface area (Å²) in [6, 6.07) is 4.88. The van der Waals surface area contributed by atoms with Crippen molar-refractivity contribution in [2.45, 2.75) is 19.4 Å². The molecule has 1 nitrogen and oxygen atoms in total. The maximum atomic E-state index is 13.1. The Hall–Kier alpha value is -0.250. The van der Waals surface area contributed by atoms with Crippen LogP contribution in [0, 0.1) is 5.82 Å². The van der Waals surface area contributed by atoms with Gasteiger partial charge in [-0.25, -0.2) is 4.39 Å². The standard InChI is InChI=1S/C12H17ClFNS/c1-3-15-11(8-16-2)7-9-6-10(14)4-5-12(9)13/h4-6,11,15H,3,7-8H2,1-2H3. The summed E-state index contributed by atoms with van der Waals surface area (Å²) in [6.45, 7) is 2.98. The van der Waals surface area contributed by atoms with Gasteiger partial charge in [0.15, 0.2) is 0 Å². The molecule has 1 aromatic rings. The van der Waals surface area contributed by atoms with E-state index < -0.39 is 0 Å². The lowest BCUT2D eigenvalue weighted by atomic mass is 10.1. The molecule has 16 heavy (non-hydrogen) atoms. The van der Waals surface area contributed by atoms with Gasteiger partial charge in [-0.2, -0.15) is 11.8 Å². The summed E-state index contributed by atoms with van der Waals surface area (Å²) < 4.78 is 13.1. The van der Waals surface area contributed by atoms with Crippen molar-refractivity contribution in [3.8, 4) is 0 Å².